The number of hydrogen-bond acceptors (Lipinski definition) is 4. The molecule has 1 aromatic heterocycles. The van der Waals surface area contributed by atoms with Crippen LogP contribution in [0.5, 0.6) is 0 Å². The summed E-state index contributed by atoms with van der Waals surface area (Å²) >= 11 is 0. The van der Waals surface area contributed by atoms with Crippen LogP contribution in [0.15, 0.2) is 30.5 Å². The largest absolute Gasteiger partial charge is 0.403 e. The summed E-state index contributed by atoms with van der Waals surface area (Å²) in [5, 5.41) is 8.70. The second kappa shape index (κ2) is 10.7. The Morgan fingerprint density at radius 1 is 1.23 bits per heavy atom. The highest BCUT2D eigenvalue weighted by molar-refractivity contribution is 7.50. The minimum Gasteiger partial charge on any atom is -0.361 e. The first kappa shape index (κ1) is 24.1. The Balaban J connectivity index is 2.23. The molecule has 0 spiro atoms. The summed E-state index contributed by atoms with van der Waals surface area (Å²) < 4.78 is 17.0. The van der Waals surface area contributed by atoms with Gasteiger partial charge in [0.15, 0.2) is 0 Å². The Labute approximate surface area is 176 Å². The van der Waals surface area contributed by atoms with Gasteiger partial charge in [-0.05, 0) is 24.5 Å². The minimum atomic E-state index is -4.15. The third-order valence-electron chi connectivity index (χ3n) is 5.08. The molecule has 0 fully saturated rings. The number of carbonyl (C=O) groups is 2. The molecule has 4 atom stereocenters. The molecule has 1 heterocycles. The molecule has 0 radical (unpaired) electrons. The fourth-order valence-corrected chi connectivity index (χ4v) is 4.38. The fraction of sp³-hybridized carbons (Fsp3) is 0.500. The zero-order chi connectivity index (χ0) is 22.3. The zero-order valence-corrected chi connectivity index (χ0v) is 18.7. The third-order valence-corrected chi connectivity index (χ3v) is 6.29. The maximum absolute atomic E-state index is 13.0. The van der Waals surface area contributed by atoms with Crippen molar-refractivity contribution in [3.05, 3.63) is 36.0 Å². The maximum atomic E-state index is 13.0. The molecule has 0 saturated heterocycles. The summed E-state index contributed by atoms with van der Waals surface area (Å²) in [4.78, 5) is 38.6. The average molecular weight is 438 g/mol. The molecule has 2 unspecified atom stereocenters. The molecule has 2 aromatic rings. The van der Waals surface area contributed by atoms with E-state index in [4.69, 9.17) is 4.52 Å². The Morgan fingerprint density at radius 3 is 2.57 bits per heavy atom. The molecule has 30 heavy (non-hydrogen) atoms. The van der Waals surface area contributed by atoms with Crippen molar-refractivity contribution in [2.24, 2.45) is 5.92 Å². The van der Waals surface area contributed by atoms with Crippen LogP contribution in [0.4, 0.5) is 0 Å². The number of rotatable bonds is 11. The molecule has 0 bridgehead atoms. The minimum absolute atomic E-state index is 0.0249. The molecule has 0 aliphatic rings. The average Bonchev–Trinajstić information content (AvgIpc) is 3.13. The summed E-state index contributed by atoms with van der Waals surface area (Å²) in [5.41, 5.74) is 1.82. The van der Waals surface area contributed by atoms with Crippen LogP contribution in [0, 0.1) is 5.92 Å². The van der Waals surface area contributed by atoms with Gasteiger partial charge in [-0.15, -0.1) is 0 Å². The van der Waals surface area contributed by atoms with Crippen molar-refractivity contribution in [3.63, 3.8) is 0 Å². The van der Waals surface area contributed by atoms with Crippen molar-refractivity contribution in [2.45, 2.75) is 45.7 Å². The zero-order valence-electron chi connectivity index (χ0n) is 17.8. The van der Waals surface area contributed by atoms with Crippen molar-refractivity contribution in [1.82, 2.24) is 20.7 Å². The van der Waals surface area contributed by atoms with Crippen molar-refractivity contribution >= 4 is 30.5 Å². The lowest BCUT2D eigenvalue weighted by atomic mass is 9.98. The summed E-state index contributed by atoms with van der Waals surface area (Å²) in [7, 11) is -2.65. The monoisotopic (exact) mass is 438 g/mol. The van der Waals surface area contributed by atoms with Gasteiger partial charge in [-0.3, -0.25) is 14.1 Å². The van der Waals surface area contributed by atoms with Gasteiger partial charge in [0, 0.05) is 30.6 Å². The van der Waals surface area contributed by atoms with Crippen LogP contribution < -0.4 is 15.7 Å². The normalized spacial score (nSPS) is 16.4. The Bertz CT molecular complexity index is 915. The molecule has 1 aromatic carbocycles. The van der Waals surface area contributed by atoms with Crippen LogP contribution in [0.25, 0.3) is 10.9 Å². The Kier molecular flexibility index (Phi) is 8.61. The van der Waals surface area contributed by atoms with E-state index >= 15 is 0 Å². The lowest BCUT2D eigenvalue weighted by molar-refractivity contribution is -0.130. The predicted molar refractivity (Wildman–Crippen MR) is 116 cm³/mol. The van der Waals surface area contributed by atoms with Gasteiger partial charge in [0.05, 0.1) is 12.6 Å². The molecule has 2 amide bonds. The van der Waals surface area contributed by atoms with E-state index < -0.39 is 25.7 Å². The highest BCUT2D eigenvalue weighted by atomic mass is 31.2. The van der Waals surface area contributed by atoms with Crippen molar-refractivity contribution in [3.8, 4) is 0 Å². The van der Waals surface area contributed by atoms with Crippen LogP contribution in [0.2, 0.25) is 0 Å². The lowest BCUT2D eigenvalue weighted by Gasteiger charge is -2.27. The van der Waals surface area contributed by atoms with E-state index in [1.54, 1.807) is 13.8 Å². The second-order valence-corrected chi connectivity index (χ2v) is 8.73. The molecule has 10 heteroatoms. The lowest BCUT2D eigenvalue weighted by Crippen LogP contribution is -2.54. The first-order valence-corrected chi connectivity index (χ1v) is 11.6. The van der Waals surface area contributed by atoms with Gasteiger partial charge in [-0.1, -0.05) is 38.5 Å². The number of para-hydroxylation sites is 1. The molecule has 166 valence electrons. The molecule has 0 aliphatic heterocycles. The molecular weight excluding hydrogens is 407 g/mol. The quantitative estimate of drug-likeness (QED) is 0.341. The summed E-state index contributed by atoms with van der Waals surface area (Å²) in [6.45, 7) is 5.28. The highest BCUT2D eigenvalue weighted by Crippen LogP contribution is 2.38. The van der Waals surface area contributed by atoms with Crippen LogP contribution >= 0.6 is 7.75 Å². The van der Waals surface area contributed by atoms with E-state index in [2.05, 4.69) is 20.7 Å². The number of likely N-dealkylation sites (N-methyl/N-ethyl adjacent to an activating group) is 1. The number of fused-ring (bicyclic) bond motifs is 1. The number of carbonyl (C=O) groups excluding carboxylic acids is 2. The second-order valence-electron chi connectivity index (χ2n) is 7.17. The van der Waals surface area contributed by atoms with E-state index in [1.807, 2.05) is 37.4 Å². The van der Waals surface area contributed by atoms with Crippen LogP contribution in [0.3, 0.4) is 0 Å². The fourth-order valence-electron chi connectivity index (χ4n) is 3.23. The van der Waals surface area contributed by atoms with Gasteiger partial charge < -0.3 is 20.5 Å². The first-order chi connectivity index (χ1) is 14.2. The third kappa shape index (κ3) is 6.15. The number of aromatic nitrogens is 1. The summed E-state index contributed by atoms with van der Waals surface area (Å²) in [6.07, 6.45) is 2.67. The molecule has 0 aliphatic carbocycles. The summed E-state index contributed by atoms with van der Waals surface area (Å²) in [5.74, 6) is -1.15. The Morgan fingerprint density at radius 2 is 1.93 bits per heavy atom. The number of hydrogen-bond donors (Lipinski definition) is 5. The van der Waals surface area contributed by atoms with Crippen molar-refractivity contribution in [1.29, 1.82) is 0 Å². The predicted octanol–water partition coefficient (Wildman–Crippen LogP) is 2.08. The SMILES string of the molecule is CCOP(=O)(O)N[C@H](C(=O)NC(Cc1c[nH]c2ccccc12)C(=O)NC)[C@@H](C)CC. The highest BCUT2D eigenvalue weighted by Gasteiger charge is 2.34. The van der Waals surface area contributed by atoms with Gasteiger partial charge in [0.2, 0.25) is 11.8 Å². The molecule has 9 nitrogen and oxygen atoms in total. The standard InChI is InChI=1S/C20H31N4O5P/c1-5-13(3)18(24-30(27,28)29-6-2)20(26)23-17(19(25)21-4)11-14-12-22-16-10-8-7-9-15(14)16/h7-10,12-13,17-18,22H,5-6,11H2,1-4H3,(H,21,25)(H,23,26)(H2,24,27,28)/t13-,17?,18-/m0/s1. The van der Waals surface area contributed by atoms with Crippen LogP contribution in [0.1, 0.15) is 32.8 Å². The molecule has 5 N–H and O–H groups in total. The maximum Gasteiger partial charge on any atom is 0.403 e. The van der Waals surface area contributed by atoms with Gasteiger partial charge in [0.25, 0.3) is 0 Å². The van der Waals surface area contributed by atoms with Gasteiger partial charge >= 0.3 is 7.75 Å². The smallest absolute Gasteiger partial charge is 0.361 e. The van der Waals surface area contributed by atoms with Gasteiger partial charge in [0.1, 0.15) is 6.04 Å². The number of amides is 2. The summed E-state index contributed by atoms with van der Waals surface area (Å²) in [6, 6.07) is 5.85. The van der Waals surface area contributed by atoms with E-state index in [0.29, 0.717) is 6.42 Å². The Hall–Kier alpha value is -2.19. The van der Waals surface area contributed by atoms with Gasteiger partial charge in [-0.2, -0.15) is 0 Å². The molecule has 0 saturated carbocycles. The van der Waals surface area contributed by atoms with Crippen molar-refractivity contribution in [2.75, 3.05) is 13.7 Å². The first-order valence-electron chi connectivity index (χ1n) is 10.0. The van der Waals surface area contributed by atoms with Crippen LogP contribution in [-0.4, -0.2) is 47.4 Å². The molecule has 2 rings (SSSR count). The number of benzene rings is 1. The van der Waals surface area contributed by atoms with E-state index in [9.17, 15) is 19.0 Å². The number of H-pyrrole nitrogens is 1. The topological polar surface area (TPSA) is 133 Å². The number of aromatic amines is 1. The molecular formula is C20H31N4O5P. The van der Waals surface area contributed by atoms with E-state index in [-0.39, 0.29) is 24.9 Å². The number of nitrogens with one attached hydrogen (secondary N) is 4. The van der Waals surface area contributed by atoms with Crippen LogP contribution in [-0.2, 0) is 25.1 Å². The van der Waals surface area contributed by atoms with Gasteiger partial charge in [-0.25, -0.2) is 9.65 Å². The van der Waals surface area contributed by atoms with E-state index in [0.717, 1.165) is 16.5 Å². The van der Waals surface area contributed by atoms with E-state index in [1.165, 1.54) is 7.05 Å². The van der Waals surface area contributed by atoms with Crippen molar-refractivity contribution < 1.29 is 23.6 Å².